The van der Waals surface area contributed by atoms with Crippen LogP contribution in [-0.4, -0.2) is 22.8 Å². The van der Waals surface area contributed by atoms with Crippen molar-refractivity contribution in [2.45, 2.75) is 64.3 Å². The Labute approximate surface area is 97.5 Å². The van der Waals surface area contributed by atoms with E-state index in [1.54, 1.807) is 0 Å². The van der Waals surface area contributed by atoms with E-state index in [4.69, 9.17) is 4.74 Å². The molecule has 0 fully saturated rings. The van der Waals surface area contributed by atoms with E-state index < -0.39 is 11.9 Å². The average Bonchev–Trinajstić information content (AvgIpc) is 2.28. The van der Waals surface area contributed by atoms with Gasteiger partial charge in [0, 0.05) is 0 Å². The van der Waals surface area contributed by atoms with Crippen LogP contribution >= 0.6 is 0 Å². The zero-order chi connectivity index (χ0) is 12.0. The maximum Gasteiger partial charge on any atom is 0.187 e. The molecular weight excluding hydrogens is 204 g/mol. The van der Waals surface area contributed by atoms with Crippen LogP contribution in [-0.2, 0) is 9.53 Å². The van der Waals surface area contributed by atoms with E-state index in [1.807, 2.05) is 0 Å². The molecule has 0 aromatic heterocycles. The maximum absolute atomic E-state index is 12.0. The van der Waals surface area contributed by atoms with Gasteiger partial charge in [0.2, 0.25) is 0 Å². The molecule has 1 aliphatic heterocycles. The highest BCUT2D eigenvalue weighted by Crippen LogP contribution is 2.31. The Morgan fingerprint density at radius 2 is 1.88 bits per heavy atom. The summed E-state index contributed by atoms with van der Waals surface area (Å²) in [5.74, 6) is 0.0136. The Kier molecular flexibility index (Phi) is 5.16. The van der Waals surface area contributed by atoms with Gasteiger partial charge in [-0.2, -0.15) is 0 Å². The third-order valence-corrected chi connectivity index (χ3v) is 3.08. The standard InChI is InChI=1S/C13H22O3/c1-3-5-9-13(10-6-4-2)11(14)7-8-12(15)16-13/h7-8,12,15H,3-6,9-10H2,1-2H3. The van der Waals surface area contributed by atoms with Gasteiger partial charge in [0.05, 0.1) is 0 Å². The maximum atomic E-state index is 12.0. The summed E-state index contributed by atoms with van der Waals surface area (Å²) in [5.41, 5.74) is -0.764. The molecule has 0 saturated carbocycles. The van der Waals surface area contributed by atoms with Crippen molar-refractivity contribution in [1.82, 2.24) is 0 Å². The number of unbranched alkanes of at least 4 members (excludes halogenated alkanes) is 2. The minimum absolute atomic E-state index is 0.0136. The van der Waals surface area contributed by atoms with Gasteiger partial charge in [0.15, 0.2) is 12.1 Å². The van der Waals surface area contributed by atoms with Crippen LogP contribution in [0.4, 0.5) is 0 Å². The minimum atomic E-state index is -0.925. The van der Waals surface area contributed by atoms with Gasteiger partial charge < -0.3 is 9.84 Å². The number of aliphatic hydroxyl groups is 1. The van der Waals surface area contributed by atoms with Crippen molar-refractivity contribution in [2.75, 3.05) is 0 Å². The molecule has 1 rings (SSSR count). The van der Waals surface area contributed by atoms with Gasteiger partial charge in [-0.05, 0) is 25.0 Å². The smallest absolute Gasteiger partial charge is 0.187 e. The number of ether oxygens (including phenoxy) is 1. The molecule has 1 aliphatic rings. The Morgan fingerprint density at radius 1 is 1.31 bits per heavy atom. The quantitative estimate of drug-likeness (QED) is 0.757. The van der Waals surface area contributed by atoms with Gasteiger partial charge >= 0.3 is 0 Å². The second-order valence-electron chi connectivity index (χ2n) is 4.43. The van der Waals surface area contributed by atoms with Gasteiger partial charge in [-0.15, -0.1) is 0 Å². The van der Waals surface area contributed by atoms with E-state index in [0.29, 0.717) is 12.8 Å². The van der Waals surface area contributed by atoms with Gasteiger partial charge in [-0.25, -0.2) is 0 Å². The lowest BCUT2D eigenvalue weighted by molar-refractivity contribution is -0.183. The second-order valence-corrected chi connectivity index (χ2v) is 4.43. The average molecular weight is 226 g/mol. The lowest BCUT2D eigenvalue weighted by Gasteiger charge is -2.35. The number of hydrogen-bond acceptors (Lipinski definition) is 3. The molecule has 1 unspecified atom stereocenters. The number of carbonyl (C=O) groups excluding carboxylic acids is 1. The molecule has 0 spiro atoms. The van der Waals surface area contributed by atoms with Crippen molar-refractivity contribution >= 4 is 5.78 Å². The van der Waals surface area contributed by atoms with Gasteiger partial charge in [-0.3, -0.25) is 4.79 Å². The Morgan fingerprint density at radius 3 is 2.38 bits per heavy atom. The van der Waals surface area contributed by atoms with Crippen LogP contribution in [0.15, 0.2) is 12.2 Å². The van der Waals surface area contributed by atoms with Crippen LogP contribution in [0.25, 0.3) is 0 Å². The SMILES string of the molecule is CCCCC1(CCCC)OC(O)C=CC1=O. The van der Waals surface area contributed by atoms with Crippen LogP contribution in [0.2, 0.25) is 0 Å². The summed E-state index contributed by atoms with van der Waals surface area (Å²) >= 11 is 0. The highest BCUT2D eigenvalue weighted by atomic mass is 16.6. The highest BCUT2D eigenvalue weighted by molar-refractivity contribution is 5.97. The first-order chi connectivity index (χ1) is 7.64. The first-order valence-corrected chi connectivity index (χ1v) is 6.23. The van der Waals surface area contributed by atoms with Crippen LogP contribution in [0.5, 0.6) is 0 Å². The van der Waals surface area contributed by atoms with Crippen molar-refractivity contribution in [2.24, 2.45) is 0 Å². The normalized spacial score (nSPS) is 23.7. The molecule has 0 aromatic rings. The molecule has 16 heavy (non-hydrogen) atoms. The summed E-state index contributed by atoms with van der Waals surface area (Å²) in [4.78, 5) is 12.0. The molecule has 3 heteroatoms. The van der Waals surface area contributed by atoms with Crippen LogP contribution < -0.4 is 0 Å². The minimum Gasteiger partial charge on any atom is -0.365 e. The van der Waals surface area contributed by atoms with Gasteiger partial charge in [-0.1, -0.05) is 39.5 Å². The highest BCUT2D eigenvalue weighted by Gasteiger charge is 2.40. The molecule has 0 saturated heterocycles. The Hall–Kier alpha value is -0.670. The third kappa shape index (κ3) is 3.16. The van der Waals surface area contributed by atoms with E-state index in [2.05, 4.69) is 13.8 Å². The van der Waals surface area contributed by atoms with Crippen molar-refractivity contribution in [3.63, 3.8) is 0 Å². The molecule has 1 N–H and O–H groups in total. The molecule has 0 aliphatic carbocycles. The first kappa shape index (κ1) is 13.4. The lowest BCUT2D eigenvalue weighted by Crippen LogP contribution is -2.46. The molecule has 1 atom stereocenters. The van der Waals surface area contributed by atoms with Crippen LogP contribution in [0.1, 0.15) is 52.4 Å². The van der Waals surface area contributed by atoms with Crippen molar-refractivity contribution in [3.05, 3.63) is 12.2 Å². The van der Waals surface area contributed by atoms with Crippen molar-refractivity contribution < 1.29 is 14.6 Å². The predicted molar refractivity (Wildman–Crippen MR) is 63.0 cm³/mol. The molecule has 92 valence electrons. The van der Waals surface area contributed by atoms with Crippen LogP contribution in [0.3, 0.4) is 0 Å². The zero-order valence-corrected chi connectivity index (χ0v) is 10.2. The summed E-state index contributed by atoms with van der Waals surface area (Å²) in [5, 5.41) is 9.50. The molecular formula is C13H22O3. The zero-order valence-electron chi connectivity index (χ0n) is 10.2. The largest absolute Gasteiger partial charge is 0.365 e. The number of carbonyl (C=O) groups is 1. The number of hydrogen-bond donors (Lipinski definition) is 1. The fraction of sp³-hybridized carbons (Fsp3) is 0.769. The molecule has 0 aromatic carbocycles. The number of ketones is 1. The van der Waals surface area contributed by atoms with E-state index in [1.165, 1.54) is 12.2 Å². The van der Waals surface area contributed by atoms with Crippen LogP contribution in [0, 0.1) is 0 Å². The second kappa shape index (κ2) is 6.16. The van der Waals surface area contributed by atoms with E-state index in [9.17, 15) is 9.90 Å². The van der Waals surface area contributed by atoms with E-state index in [-0.39, 0.29) is 5.78 Å². The van der Waals surface area contributed by atoms with Gasteiger partial charge in [0.1, 0.15) is 5.60 Å². The monoisotopic (exact) mass is 226 g/mol. The molecule has 0 amide bonds. The lowest BCUT2D eigenvalue weighted by atomic mass is 9.85. The Balaban J connectivity index is 2.75. The first-order valence-electron chi connectivity index (χ1n) is 6.23. The summed E-state index contributed by atoms with van der Waals surface area (Å²) < 4.78 is 5.51. The fourth-order valence-electron chi connectivity index (χ4n) is 2.06. The molecule has 3 nitrogen and oxygen atoms in total. The molecule has 0 radical (unpaired) electrons. The number of aliphatic hydroxyl groups excluding tert-OH is 1. The Bertz CT molecular complexity index is 250. The summed E-state index contributed by atoms with van der Waals surface area (Å²) in [6.45, 7) is 4.18. The number of rotatable bonds is 6. The molecule has 1 heterocycles. The van der Waals surface area contributed by atoms with E-state index >= 15 is 0 Å². The van der Waals surface area contributed by atoms with Gasteiger partial charge in [0.25, 0.3) is 0 Å². The van der Waals surface area contributed by atoms with E-state index in [0.717, 1.165) is 25.7 Å². The summed E-state index contributed by atoms with van der Waals surface area (Å²) in [6, 6.07) is 0. The topological polar surface area (TPSA) is 46.5 Å². The predicted octanol–water partition coefficient (Wildman–Crippen LogP) is 2.58. The summed E-state index contributed by atoms with van der Waals surface area (Å²) in [6.07, 6.45) is 7.36. The van der Waals surface area contributed by atoms with Crippen molar-refractivity contribution in [3.8, 4) is 0 Å². The summed E-state index contributed by atoms with van der Waals surface area (Å²) in [7, 11) is 0. The molecule has 0 bridgehead atoms. The van der Waals surface area contributed by atoms with Crippen molar-refractivity contribution in [1.29, 1.82) is 0 Å². The third-order valence-electron chi connectivity index (χ3n) is 3.08. The fourth-order valence-corrected chi connectivity index (χ4v) is 2.06.